The van der Waals surface area contributed by atoms with Crippen LogP contribution in [0.1, 0.15) is 12.5 Å². The minimum Gasteiger partial charge on any atom is -0.318 e. The Hall–Kier alpha value is -2.17. The second-order valence-corrected chi connectivity index (χ2v) is 2.72. The number of benzene rings is 1. The number of carbonyl (C=O) groups excluding carboxylic acids is 2. The third-order valence-electron chi connectivity index (χ3n) is 1.53. The Morgan fingerprint density at radius 3 is 2.33 bits per heavy atom. The molecule has 0 aliphatic carbocycles. The number of nitrogens with one attached hydrogen (secondary N) is 1. The highest BCUT2D eigenvalue weighted by Gasteiger charge is 2.11. The molecule has 1 aromatic rings. The Bertz CT molecular complexity index is 398. The van der Waals surface area contributed by atoms with Crippen LogP contribution in [0.25, 0.3) is 0 Å². The molecule has 15 heavy (non-hydrogen) atoms. The van der Waals surface area contributed by atoms with Crippen molar-refractivity contribution in [3.63, 3.8) is 0 Å². The predicted molar refractivity (Wildman–Crippen MR) is 52.8 cm³/mol. The van der Waals surface area contributed by atoms with Crippen molar-refractivity contribution in [3.05, 3.63) is 35.9 Å². The number of hydrogen-bond acceptors (Lipinski definition) is 4. The maximum atomic E-state index is 10.9. The number of nitrogens with zero attached hydrogens (tertiary/aromatic N) is 1. The molecule has 1 N–H and O–H groups in total. The lowest BCUT2D eigenvalue weighted by Crippen LogP contribution is -2.17. The highest BCUT2D eigenvalue weighted by molar-refractivity contribution is 6.44. The summed E-state index contributed by atoms with van der Waals surface area (Å²) in [6.07, 6.45) is 0. The molecule has 1 rings (SSSR count). The van der Waals surface area contributed by atoms with E-state index in [4.69, 9.17) is 5.73 Å². The Morgan fingerprint density at radius 1 is 1.27 bits per heavy atom. The van der Waals surface area contributed by atoms with E-state index >= 15 is 0 Å². The largest absolute Gasteiger partial charge is 0.332 e. The van der Waals surface area contributed by atoms with Gasteiger partial charge < -0.3 is 4.84 Å². The lowest BCUT2D eigenvalue weighted by Gasteiger charge is -1.99. The monoisotopic (exact) mass is 205 g/mol. The molecule has 0 spiro atoms. The number of carbonyl (C=O) groups is 2. The average molecular weight is 205 g/mol. The molecular formula is C10H9N2O3. The van der Waals surface area contributed by atoms with Crippen LogP contribution < -0.4 is 5.73 Å². The van der Waals surface area contributed by atoms with Gasteiger partial charge in [0.2, 0.25) is 0 Å². The Balaban J connectivity index is 2.99. The first-order valence-corrected chi connectivity index (χ1v) is 4.18. The summed E-state index contributed by atoms with van der Waals surface area (Å²) >= 11 is 0. The van der Waals surface area contributed by atoms with Crippen LogP contribution >= 0.6 is 0 Å². The quantitative estimate of drug-likeness (QED) is 0.415. The molecule has 5 heteroatoms. The van der Waals surface area contributed by atoms with E-state index in [2.05, 4.69) is 9.99 Å². The number of rotatable bonds is 3. The van der Waals surface area contributed by atoms with E-state index in [1.165, 1.54) is 6.92 Å². The minimum atomic E-state index is -0.998. The van der Waals surface area contributed by atoms with Gasteiger partial charge in [0.1, 0.15) is 0 Å². The summed E-state index contributed by atoms with van der Waals surface area (Å²) in [5, 5.41) is 3.32. The summed E-state index contributed by atoms with van der Waals surface area (Å²) in [6.45, 7) is 1.17. The Labute approximate surface area is 86.5 Å². The maximum Gasteiger partial charge on any atom is 0.332 e. The molecule has 0 aliphatic heterocycles. The standard InChI is InChI=1S/C10H9N2O3/c1-7(13)15-12-9(10(11)14)8-5-3-2-4-6-8/h2-6,11H,1H3. The molecule has 77 valence electrons. The van der Waals surface area contributed by atoms with Crippen LogP contribution in [0.15, 0.2) is 35.5 Å². The van der Waals surface area contributed by atoms with Crippen LogP contribution in [0.3, 0.4) is 0 Å². The zero-order chi connectivity index (χ0) is 11.3. The molecule has 0 fully saturated rings. The summed E-state index contributed by atoms with van der Waals surface area (Å²) < 4.78 is 0. The second kappa shape index (κ2) is 4.90. The Kier molecular flexibility index (Phi) is 3.56. The van der Waals surface area contributed by atoms with E-state index in [9.17, 15) is 9.59 Å². The summed E-state index contributed by atoms with van der Waals surface area (Å²) in [5.41, 5.74) is 7.21. The molecule has 1 amide bonds. The lowest BCUT2D eigenvalue weighted by molar-refractivity contribution is -0.140. The van der Waals surface area contributed by atoms with Crippen molar-refractivity contribution < 1.29 is 14.4 Å². The fourth-order valence-corrected chi connectivity index (χ4v) is 0.931. The highest BCUT2D eigenvalue weighted by Crippen LogP contribution is 2.02. The smallest absolute Gasteiger partial charge is 0.318 e. The topological polar surface area (TPSA) is 79.5 Å². The summed E-state index contributed by atoms with van der Waals surface area (Å²) in [5.74, 6) is -1.63. The molecule has 0 heterocycles. The SMILES string of the molecule is CC(=O)ON=C(C([NH])=O)c1ccccc1. The second-order valence-electron chi connectivity index (χ2n) is 2.72. The van der Waals surface area contributed by atoms with Crippen LogP contribution in [0.4, 0.5) is 0 Å². The van der Waals surface area contributed by atoms with E-state index < -0.39 is 11.9 Å². The van der Waals surface area contributed by atoms with Crippen LogP contribution in [-0.2, 0) is 14.4 Å². The van der Waals surface area contributed by atoms with Crippen LogP contribution in [0.5, 0.6) is 0 Å². The van der Waals surface area contributed by atoms with E-state index in [-0.39, 0.29) is 5.71 Å². The highest BCUT2D eigenvalue weighted by atomic mass is 16.7. The molecule has 0 atom stereocenters. The van der Waals surface area contributed by atoms with Gasteiger partial charge in [0.15, 0.2) is 5.71 Å². The first-order valence-electron chi connectivity index (χ1n) is 4.18. The zero-order valence-electron chi connectivity index (χ0n) is 8.06. The fraction of sp³-hybridized carbons (Fsp3) is 0.100. The molecule has 1 radical (unpaired) electrons. The van der Waals surface area contributed by atoms with E-state index in [0.717, 1.165) is 0 Å². The minimum absolute atomic E-state index is 0.189. The first-order chi connectivity index (χ1) is 7.11. The maximum absolute atomic E-state index is 10.9. The molecule has 5 nitrogen and oxygen atoms in total. The van der Waals surface area contributed by atoms with Gasteiger partial charge in [-0.05, 0) is 0 Å². The van der Waals surface area contributed by atoms with Crippen molar-refractivity contribution in [2.45, 2.75) is 6.92 Å². The molecule has 0 saturated heterocycles. The molecule has 0 aromatic heterocycles. The van der Waals surface area contributed by atoms with Gasteiger partial charge in [-0.15, -0.1) is 0 Å². The van der Waals surface area contributed by atoms with Gasteiger partial charge in [-0.25, -0.2) is 4.79 Å². The Morgan fingerprint density at radius 2 is 1.87 bits per heavy atom. The number of amides is 1. The van der Waals surface area contributed by atoms with Gasteiger partial charge in [-0.3, -0.25) is 10.5 Å². The van der Waals surface area contributed by atoms with Crippen LogP contribution in [0, 0.1) is 0 Å². The van der Waals surface area contributed by atoms with E-state index in [0.29, 0.717) is 5.56 Å². The third-order valence-corrected chi connectivity index (χ3v) is 1.53. The van der Waals surface area contributed by atoms with Gasteiger partial charge in [0.25, 0.3) is 5.91 Å². The molecule has 0 unspecified atom stereocenters. The van der Waals surface area contributed by atoms with Crippen molar-refractivity contribution in [1.29, 1.82) is 0 Å². The number of oxime groups is 1. The normalized spacial score (nSPS) is 10.9. The van der Waals surface area contributed by atoms with Gasteiger partial charge >= 0.3 is 5.97 Å². The predicted octanol–water partition coefficient (Wildman–Crippen LogP) is 0.763. The van der Waals surface area contributed by atoms with Crippen molar-refractivity contribution in [2.24, 2.45) is 5.16 Å². The van der Waals surface area contributed by atoms with Crippen molar-refractivity contribution in [2.75, 3.05) is 0 Å². The molecular weight excluding hydrogens is 196 g/mol. The first kappa shape index (κ1) is 10.9. The van der Waals surface area contributed by atoms with Crippen molar-refractivity contribution in [1.82, 2.24) is 5.73 Å². The van der Waals surface area contributed by atoms with E-state index in [1.54, 1.807) is 30.3 Å². The van der Waals surface area contributed by atoms with Gasteiger partial charge in [-0.1, -0.05) is 35.5 Å². The summed E-state index contributed by atoms with van der Waals surface area (Å²) in [7, 11) is 0. The lowest BCUT2D eigenvalue weighted by atomic mass is 10.1. The molecule has 0 bridgehead atoms. The molecule has 0 saturated carbocycles. The molecule has 0 aliphatic rings. The molecule has 1 aromatic carbocycles. The van der Waals surface area contributed by atoms with Crippen molar-refractivity contribution >= 4 is 17.6 Å². The van der Waals surface area contributed by atoms with Crippen molar-refractivity contribution in [3.8, 4) is 0 Å². The number of hydrogen-bond donors (Lipinski definition) is 0. The summed E-state index contributed by atoms with van der Waals surface area (Å²) in [6, 6.07) is 8.37. The third kappa shape index (κ3) is 3.22. The van der Waals surface area contributed by atoms with E-state index in [1.807, 2.05) is 0 Å². The zero-order valence-corrected chi connectivity index (χ0v) is 8.06. The fourth-order valence-electron chi connectivity index (χ4n) is 0.931. The summed E-state index contributed by atoms with van der Waals surface area (Å²) in [4.78, 5) is 25.7. The van der Waals surface area contributed by atoms with Gasteiger partial charge in [0, 0.05) is 12.5 Å². The van der Waals surface area contributed by atoms with Crippen LogP contribution in [0.2, 0.25) is 0 Å². The van der Waals surface area contributed by atoms with Crippen LogP contribution in [-0.4, -0.2) is 17.6 Å². The van der Waals surface area contributed by atoms with Gasteiger partial charge in [-0.2, -0.15) is 0 Å². The van der Waals surface area contributed by atoms with Gasteiger partial charge in [0.05, 0.1) is 0 Å². The average Bonchev–Trinajstić information content (AvgIpc) is 2.18.